The van der Waals surface area contributed by atoms with Gasteiger partial charge in [0.25, 0.3) is 0 Å². The standard InChI is InChI=1S/C16H16F6N4O3/c17-15(18,19)12(27)23-9-14(24-13(28)16(20,21)22)5-7-26(8-6-14)11-4-2-1-3-10(11)25-29/h1-4H,5-9H2,(H,23,27)(H,24,28). The summed E-state index contributed by atoms with van der Waals surface area (Å²) < 4.78 is 75.3. The van der Waals surface area contributed by atoms with Crippen molar-refractivity contribution in [2.75, 3.05) is 24.5 Å². The number of alkyl halides is 6. The van der Waals surface area contributed by atoms with Gasteiger partial charge in [-0.2, -0.15) is 26.3 Å². The van der Waals surface area contributed by atoms with Crippen LogP contribution in [0, 0.1) is 4.91 Å². The van der Waals surface area contributed by atoms with E-state index in [1.807, 2.05) is 0 Å². The summed E-state index contributed by atoms with van der Waals surface area (Å²) in [5.41, 5.74) is -1.25. The fourth-order valence-corrected chi connectivity index (χ4v) is 2.99. The third-order valence-electron chi connectivity index (χ3n) is 4.52. The van der Waals surface area contributed by atoms with Gasteiger partial charge in [0.15, 0.2) is 0 Å². The van der Waals surface area contributed by atoms with Crippen molar-refractivity contribution in [2.45, 2.75) is 30.7 Å². The molecule has 160 valence electrons. The lowest BCUT2D eigenvalue weighted by molar-refractivity contribution is -0.177. The normalized spacial score (nSPS) is 16.8. The zero-order chi connectivity index (χ0) is 21.9. The van der Waals surface area contributed by atoms with Crippen LogP contribution in [0.5, 0.6) is 0 Å². The summed E-state index contributed by atoms with van der Waals surface area (Å²) in [4.78, 5) is 35.0. The second-order valence-electron chi connectivity index (χ2n) is 6.48. The van der Waals surface area contributed by atoms with E-state index in [9.17, 15) is 40.8 Å². The van der Waals surface area contributed by atoms with Gasteiger partial charge in [0.1, 0.15) is 5.69 Å². The molecule has 1 saturated heterocycles. The number of hydrogen-bond acceptors (Lipinski definition) is 5. The molecule has 2 N–H and O–H groups in total. The summed E-state index contributed by atoms with van der Waals surface area (Å²) in [5, 5.41) is 6.11. The molecule has 1 aliphatic heterocycles. The molecule has 0 saturated carbocycles. The Bertz CT molecular complexity index is 773. The number of nitroso groups, excluding NO2 is 1. The number of nitrogens with zero attached hydrogens (tertiary/aromatic N) is 2. The van der Waals surface area contributed by atoms with Crippen molar-refractivity contribution < 1.29 is 35.9 Å². The molecule has 0 atom stereocenters. The van der Waals surface area contributed by atoms with Gasteiger partial charge in [-0.05, 0) is 30.2 Å². The van der Waals surface area contributed by atoms with Crippen LogP contribution in [-0.4, -0.2) is 49.3 Å². The van der Waals surface area contributed by atoms with Gasteiger partial charge in [0.05, 0.1) is 11.2 Å². The second-order valence-corrected chi connectivity index (χ2v) is 6.48. The Kier molecular flexibility index (Phi) is 6.38. The van der Waals surface area contributed by atoms with Crippen molar-refractivity contribution in [3.05, 3.63) is 29.2 Å². The highest BCUT2D eigenvalue weighted by Gasteiger charge is 2.47. The number of amides is 2. The van der Waals surface area contributed by atoms with Gasteiger partial charge >= 0.3 is 24.2 Å². The second kappa shape index (κ2) is 8.25. The summed E-state index contributed by atoms with van der Waals surface area (Å²) >= 11 is 0. The molecule has 2 amide bonds. The minimum Gasteiger partial charge on any atom is -0.370 e. The van der Waals surface area contributed by atoms with Crippen LogP contribution in [0.15, 0.2) is 29.4 Å². The molecule has 0 spiro atoms. The van der Waals surface area contributed by atoms with Gasteiger partial charge < -0.3 is 15.5 Å². The first-order valence-electron chi connectivity index (χ1n) is 8.30. The van der Waals surface area contributed by atoms with Gasteiger partial charge in [-0.15, -0.1) is 4.91 Å². The largest absolute Gasteiger partial charge is 0.471 e. The van der Waals surface area contributed by atoms with Crippen molar-refractivity contribution in [3.63, 3.8) is 0 Å². The number of hydrogen-bond donors (Lipinski definition) is 2. The van der Waals surface area contributed by atoms with Crippen LogP contribution in [-0.2, 0) is 9.59 Å². The molecule has 0 radical (unpaired) electrons. The molecule has 1 aliphatic rings. The highest BCUT2D eigenvalue weighted by Crippen LogP contribution is 2.33. The minimum absolute atomic E-state index is 0.00651. The summed E-state index contributed by atoms with van der Waals surface area (Å²) in [6.07, 6.45) is -10.9. The van der Waals surface area contributed by atoms with Crippen molar-refractivity contribution in [1.82, 2.24) is 10.6 Å². The fraction of sp³-hybridized carbons (Fsp3) is 0.500. The lowest BCUT2D eigenvalue weighted by atomic mass is 9.86. The van der Waals surface area contributed by atoms with Crippen LogP contribution in [0.4, 0.5) is 37.7 Å². The first-order valence-corrected chi connectivity index (χ1v) is 8.30. The van der Waals surface area contributed by atoms with Gasteiger partial charge in [0, 0.05) is 19.6 Å². The zero-order valence-electron chi connectivity index (χ0n) is 14.7. The van der Waals surface area contributed by atoms with E-state index in [4.69, 9.17) is 0 Å². The van der Waals surface area contributed by atoms with Gasteiger partial charge in [-0.1, -0.05) is 12.1 Å². The lowest BCUT2D eigenvalue weighted by Crippen LogP contribution is -2.63. The van der Waals surface area contributed by atoms with E-state index >= 15 is 0 Å². The van der Waals surface area contributed by atoms with E-state index in [1.54, 1.807) is 28.4 Å². The number of rotatable bonds is 5. The minimum atomic E-state index is -5.24. The molecule has 1 aromatic carbocycles. The SMILES string of the molecule is O=Nc1ccccc1N1CCC(CNC(=O)C(F)(F)F)(NC(=O)C(F)(F)F)CC1. The van der Waals surface area contributed by atoms with E-state index in [0.717, 1.165) is 0 Å². The first kappa shape index (κ1) is 22.4. The van der Waals surface area contributed by atoms with Crippen LogP contribution in [0.3, 0.4) is 0 Å². The zero-order valence-corrected chi connectivity index (χ0v) is 14.7. The molecule has 1 heterocycles. The molecule has 0 bridgehead atoms. The highest BCUT2D eigenvalue weighted by atomic mass is 19.4. The number of halogens is 6. The maximum atomic E-state index is 12.7. The van der Waals surface area contributed by atoms with E-state index in [-0.39, 0.29) is 31.6 Å². The maximum absolute atomic E-state index is 12.7. The van der Waals surface area contributed by atoms with Crippen LogP contribution in [0.25, 0.3) is 0 Å². The summed E-state index contributed by atoms with van der Waals surface area (Å²) in [6, 6.07) is 6.16. The van der Waals surface area contributed by atoms with E-state index in [0.29, 0.717) is 5.69 Å². The Labute approximate surface area is 160 Å². The molecule has 1 fully saturated rings. The van der Waals surface area contributed by atoms with E-state index < -0.39 is 36.3 Å². The number of anilines is 1. The number of piperidine rings is 1. The van der Waals surface area contributed by atoms with Gasteiger partial charge in [0.2, 0.25) is 0 Å². The predicted molar refractivity (Wildman–Crippen MR) is 89.3 cm³/mol. The van der Waals surface area contributed by atoms with Crippen LogP contribution in [0.1, 0.15) is 12.8 Å². The van der Waals surface area contributed by atoms with Gasteiger partial charge in [-0.25, -0.2) is 0 Å². The van der Waals surface area contributed by atoms with Crippen LogP contribution in [0.2, 0.25) is 0 Å². The monoisotopic (exact) mass is 426 g/mol. The fourth-order valence-electron chi connectivity index (χ4n) is 2.99. The summed E-state index contributed by atoms with van der Waals surface area (Å²) in [5.74, 6) is -4.64. The Hall–Kier alpha value is -2.86. The van der Waals surface area contributed by atoms with Crippen LogP contribution < -0.4 is 15.5 Å². The number of para-hydroxylation sites is 1. The van der Waals surface area contributed by atoms with Crippen molar-refractivity contribution >= 4 is 23.2 Å². The Morgan fingerprint density at radius 2 is 1.55 bits per heavy atom. The molecule has 0 aliphatic carbocycles. The Balaban J connectivity index is 2.18. The van der Waals surface area contributed by atoms with E-state index in [1.165, 1.54) is 11.4 Å². The van der Waals surface area contributed by atoms with Crippen molar-refractivity contribution in [2.24, 2.45) is 5.18 Å². The Morgan fingerprint density at radius 3 is 2.07 bits per heavy atom. The molecular weight excluding hydrogens is 410 g/mol. The number of carbonyl (C=O) groups is 2. The molecule has 13 heteroatoms. The molecule has 2 rings (SSSR count). The third-order valence-corrected chi connectivity index (χ3v) is 4.52. The summed E-state index contributed by atoms with van der Waals surface area (Å²) in [6.45, 7) is -0.826. The number of benzene rings is 1. The van der Waals surface area contributed by atoms with Crippen molar-refractivity contribution in [1.29, 1.82) is 0 Å². The number of nitrogens with one attached hydrogen (secondary N) is 2. The van der Waals surface area contributed by atoms with Crippen LogP contribution >= 0.6 is 0 Å². The number of carbonyl (C=O) groups excluding carboxylic acids is 2. The smallest absolute Gasteiger partial charge is 0.370 e. The molecule has 0 aromatic heterocycles. The average molecular weight is 426 g/mol. The molecule has 7 nitrogen and oxygen atoms in total. The maximum Gasteiger partial charge on any atom is 0.471 e. The first-order chi connectivity index (χ1) is 13.4. The third kappa shape index (κ3) is 5.57. The molecule has 1 aromatic rings. The van der Waals surface area contributed by atoms with Gasteiger partial charge in [-0.3, -0.25) is 9.59 Å². The topological polar surface area (TPSA) is 90.9 Å². The predicted octanol–water partition coefficient (Wildman–Crippen LogP) is 2.78. The quantitative estimate of drug-likeness (QED) is 0.560. The highest BCUT2D eigenvalue weighted by molar-refractivity contribution is 5.83. The molecule has 29 heavy (non-hydrogen) atoms. The average Bonchev–Trinajstić information content (AvgIpc) is 2.65. The Morgan fingerprint density at radius 1 is 1.00 bits per heavy atom. The lowest BCUT2D eigenvalue weighted by Gasteiger charge is -2.43. The van der Waals surface area contributed by atoms with Crippen molar-refractivity contribution in [3.8, 4) is 0 Å². The van der Waals surface area contributed by atoms with E-state index in [2.05, 4.69) is 5.18 Å². The molecule has 0 unspecified atom stereocenters. The summed E-state index contributed by atoms with van der Waals surface area (Å²) in [7, 11) is 0. The molecular formula is C16H16F6N4O3.